The van der Waals surface area contributed by atoms with Crippen molar-refractivity contribution in [2.75, 3.05) is 19.7 Å². The van der Waals surface area contributed by atoms with Crippen molar-refractivity contribution in [3.05, 3.63) is 0 Å². The first-order valence-electron chi connectivity index (χ1n) is 13.4. The maximum absolute atomic E-state index is 12.1. The quantitative estimate of drug-likeness (QED) is 0.367. The average molecular weight is 448 g/mol. The van der Waals surface area contributed by atoms with Crippen LogP contribution in [-0.2, 0) is 9.63 Å². The third kappa shape index (κ3) is 5.16. The molecule has 0 saturated heterocycles. The maximum atomic E-state index is 12.1. The number of carbonyl (C=O) groups excluding carboxylic acids is 1. The normalized spacial score (nSPS) is 39.8. The summed E-state index contributed by atoms with van der Waals surface area (Å²) in [5.41, 5.74) is 6.84. The Bertz CT molecular complexity index is 669. The highest BCUT2D eigenvalue weighted by atomic mass is 16.6. The van der Waals surface area contributed by atoms with Crippen LogP contribution in [-0.4, -0.2) is 42.5 Å². The third-order valence-corrected chi connectivity index (χ3v) is 9.49. The Morgan fingerprint density at radius 1 is 1.09 bits per heavy atom. The van der Waals surface area contributed by atoms with Gasteiger partial charge >= 0.3 is 0 Å². The summed E-state index contributed by atoms with van der Waals surface area (Å²) in [4.78, 5) is 17.6. The molecule has 4 aliphatic carbocycles. The second kappa shape index (κ2) is 10.9. The van der Waals surface area contributed by atoms with E-state index in [1.54, 1.807) is 0 Å². The van der Waals surface area contributed by atoms with E-state index in [4.69, 9.17) is 10.6 Å². The monoisotopic (exact) mass is 447 g/mol. The van der Waals surface area contributed by atoms with Crippen LogP contribution in [0.15, 0.2) is 5.16 Å². The van der Waals surface area contributed by atoms with Gasteiger partial charge in [0.05, 0.1) is 11.8 Å². The zero-order valence-electron chi connectivity index (χ0n) is 20.1. The summed E-state index contributed by atoms with van der Waals surface area (Å²) in [6, 6.07) is 0. The minimum atomic E-state index is -0.0746. The molecule has 4 N–H and O–H groups in total. The third-order valence-electron chi connectivity index (χ3n) is 9.49. The van der Waals surface area contributed by atoms with E-state index in [1.807, 2.05) is 0 Å². The number of carbonyl (C=O) groups is 1. The predicted molar refractivity (Wildman–Crippen MR) is 127 cm³/mol. The van der Waals surface area contributed by atoms with Gasteiger partial charge in [0, 0.05) is 12.0 Å². The van der Waals surface area contributed by atoms with Crippen molar-refractivity contribution in [2.45, 2.75) is 96.5 Å². The van der Waals surface area contributed by atoms with Crippen LogP contribution in [0.2, 0.25) is 0 Å². The summed E-state index contributed by atoms with van der Waals surface area (Å²) in [6.07, 6.45) is 14.8. The van der Waals surface area contributed by atoms with E-state index in [0.29, 0.717) is 12.5 Å². The lowest BCUT2D eigenvalue weighted by atomic mass is 9.50. The van der Waals surface area contributed by atoms with Gasteiger partial charge in [0.15, 0.2) is 6.61 Å². The zero-order valence-corrected chi connectivity index (χ0v) is 20.1. The zero-order chi connectivity index (χ0) is 22.6. The molecule has 0 aromatic heterocycles. The highest BCUT2D eigenvalue weighted by molar-refractivity contribution is 5.92. The van der Waals surface area contributed by atoms with E-state index in [-0.39, 0.29) is 24.0 Å². The van der Waals surface area contributed by atoms with Gasteiger partial charge in [0.1, 0.15) is 0 Å². The van der Waals surface area contributed by atoms with Crippen LogP contribution in [0, 0.1) is 35.0 Å². The van der Waals surface area contributed by atoms with Gasteiger partial charge in [0.2, 0.25) is 0 Å². The van der Waals surface area contributed by atoms with Crippen LogP contribution >= 0.6 is 0 Å². The molecule has 7 atom stereocenters. The molecule has 32 heavy (non-hydrogen) atoms. The number of oxime groups is 1. The molecule has 2 unspecified atom stereocenters. The van der Waals surface area contributed by atoms with Gasteiger partial charge in [-0.2, -0.15) is 0 Å². The van der Waals surface area contributed by atoms with E-state index in [2.05, 4.69) is 17.4 Å². The molecule has 0 bridgehead atoms. The van der Waals surface area contributed by atoms with Crippen LogP contribution in [0.25, 0.3) is 0 Å². The predicted octanol–water partition coefficient (Wildman–Crippen LogP) is 4.01. The molecule has 182 valence electrons. The molecule has 1 amide bonds. The number of rotatable bonds is 9. The molecule has 0 aromatic rings. The van der Waals surface area contributed by atoms with E-state index >= 15 is 0 Å². The van der Waals surface area contributed by atoms with E-state index in [0.717, 1.165) is 75.2 Å². The number of unbranched alkanes of at least 4 members (excludes halogenated alkanes) is 3. The SMILES string of the molecule is C[C@]12CC[C@H]3[C@@H](CCC4CC(O)CC[C@@H]43)[C@@H]1CC/C2=N/OCC(=O)NCCCCCCN. The second-order valence-corrected chi connectivity index (χ2v) is 11.3. The van der Waals surface area contributed by atoms with Crippen molar-refractivity contribution in [1.82, 2.24) is 5.32 Å². The largest absolute Gasteiger partial charge is 0.393 e. The van der Waals surface area contributed by atoms with Crippen molar-refractivity contribution in [1.29, 1.82) is 0 Å². The molecule has 0 aliphatic heterocycles. The number of nitrogens with two attached hydrogens (primary N) is 1. The summed E-state index contributed by atoms with van der Waals surface area (Å²) >= 11 is 0. The molecule has 0 spiro atoms. The van der Waals surface area contributed by atoms with Crippen molar-refractivity contribution >= 4 is 11.6 Å². The lowest BCUT2D eigenvalue weighted by molar-refractivity contribution is -0.125. The number of nitrogens with zero attached hydrogens (tertiary/aromatic N) is 1. The van der Waals surface area contributed by atoms with Crippen LogP contribution in [0.5, 0.6) is 0 Å². The van der Waals surface area contributed by atoms with Gasteiger partial charge in [-0.3, -0.25) is 4.79 Å². The molecule has 0 radical (unpaired) electrons. The topological polar surface area (TPSA) is 96.9 Å². The number of fused-ring (bicyclic) bond motifs is 5. The summed E-state index contributed by atoms with van der Waals surface area (Å²) in [6.45, 7) is 3.87. The van der Waals surface area contributed by atoms with E-state index in [1.165, 1.54) is 44.2 Å². The van der Waals surface area contributed by atoms with Crippen LogP contribution in [0.1, 0.15) is 90.4 Å². The molecule has 0 heterocycles. The van der Waals surface area contributed by atoms with Crippen molar-refractivity contribution in [2.24, 2.45) is 45.9 Å². The van der Waals surface area contributed by atoms with Gasteiger partial charge in [-0.25, -0.2) is 0 Å². The minimum absolute atomic E-state index is 0.0190. The first-order valence-corrected chi connectivity index (χ1v) is 13.4. The molecule has 6 heteroatoms. The number of aliphatic hydroxyl groups is 1. The van der Waals surface area contributed by atoms with Gasteiger partial charge in [-0.05, 0) is 107 Å². The Balaban J connectivity index is 1.25. The Hall–Kier alpha value is -1.14. The Morgan fingerprint density at radius 3 is 2.75 bits per heavy atom. The van der Waals surface area contributed by atoms with E-state index < -0.39 is 0 Å². The summed E-state index contributed by atoms with van der Waals surface area (Å²) in [5, 5.41) is 17.6. The molecular formula is C26H45N3O3. The lowest BCUT2D eigenvalue weighted by Gasteiger charge is -2.55. The number of amides is 1. The second-order valence-electron chi connectivity index (χ2n) is 11.3. The maximum Gasteiger partial charge on any atom is 0.260 e. The Labute approximate surface area is 194 Å². The standard InChI is InChI=1S/C26H45N3O3/c1-26-13-12-21-20-9-7-19(30)16-18(20)6-8-22(21)23(26)10-11-24(26)29-32-17-25(31)28-15-5-3-2-4-14-27/h18-23,30H,2-17,27H2,1H3,(H,28,31)/b29-24-/t18?,19?,20-,21+,22+,23-,26-/m0/s1. The summed E-state index contributed by atoms with van der Waals surface area (Å²) in [5.74, 6) is 3.86. The van der Waals surface area contributed by atoms with Crippen LogP contribution in [0.4, 0.5) is 0 Å². The molecule has 4 rings (SSSR count). The van der Waals surface area contributed by atoms with Crippen molar-refractivity contribution < 1.29 is 14.7 Å². The number of hydrogen-bond donors (Lipinski definition) is 3. The highest BCUT2D eigenvalue weighted by Gasteiger charge is 2.56. The van der Waals surface area contributed by atoms with E-state index in [9.17, 15) is 9.90 Å². The molecule has 4 fully saturated rings. The highest BCUT2D eigenvalue weighted by Crippen LogP contribution is 2.61. The van der Waals surface area contributed by atoms with Gasteiger partial charge in [-0.15, -0.1) is 0 Å². The minimum Gasteiger partial charge on any atom is -0.393 e. The first-order chi connectivity index (χ1) is 15.5. The fourth-order valence-corrected chi connectivity index (χ4v) is 7.84. The van der Waals surface area contributed by atoms with Crippen molar-refractivity contribution in [3.8, 4) is 0 Å². The van der Waals surface area contributed by atoms with Crippen LogP contribution < -0.4 is 11.1 Å². The Morgan fingerprint density at radius 2 is 1.91 bits per heavy atom. The number of aliphatic hydroxyl groups excluding tert-OH is 1. The molecular weight excluding hydrogens is 402 g/mol. The fraction of sp³-hybridized carbons (Fsp3) is 0.923. The van der Waals surface area contributed by atoms with Crippen molar-refractivity contribution in [3.63, 3.8) is 0 Å². The fourth-order valence-electron chi connectivity index (χ4n) is 7.84. The average Bonchev–Trinajstić information content (AvgIpc) is 3.12. The Kier molecular flexibility index (Phi) is 8.14. The summed E-state index contributed by atoms with van der Waals surface area (Å²) < 4.78 is 0. The molecule has 6 nitrogen and oxygen atoms in total. The molecule has 4 aliphatic rings. The first kappa shape index (κ1) is 24.0. The smallest absolute Gasteiger partial charge is 0.260 e. The lowest BCUT2D eigenvalue weighted by Crippen LogP contribution is -2.49. The number of hydrogen-bond acceptors (Lipinski definition) is 5. The van der Waals surface area contributed by atoms with Gasteiger partial charge < -0.3 is 21.0 Å². The van der Waals surface area contributed by atoms with Crippen LogP contribution in [0.3, 0.4) is 0 Å². The summed E-state index contributed by atoms with van der Waals surface area (Å²) in [7, 11) is 0. The van der Waals surface area contributed by atoms with Gasteiger partial charge in [-0.1, -0.05) is 24.9 Å². The molecule has 4 saturated carbocycles. The number of nitrogens with one attached hydrogen (secondary N) is 1. The van der Waals surface area contributed by atoms with Gasteiger partial charge in [0.25, 0.3) is 5.91 Å². The molecule has 0 aromatic carbocycles.